The number of rotatable bonds is 5. The van der Waals surface area contributed by atoms with Crippen molar-refractivity contribution in [2.75, 3.05) is 5.75 Å². The highest BCUT2D eigenvalue weighted by molar-refractivity contribution is 7.99. The highest BCUT2D eigenvalue weighted by Crippen LogP contribution is 2.36. The molecule has 0 atom stereocenters. The van der Waals surface area contributed by atoms with Crippen molar-refractivity contribution in [1.29, 1.82) is 0 Å². The first-order valence-corrected chi connectivity index (χ1v) is 9.38. The normalized spacial score (nSPS) is 10.9. The van der Waals surface area contributed by atoms with Gasteiger partial charge in [-0.3, -0.25) is 4.57 Å². The third-order valence-electron chi connectivity index (χ3n) is 3.57. The van der Waals surface area contributed by atoms with Crippen LogP contribution in [0.4, 0.5) is 0 Å². The van der Waals surface area contributed by atoms with E-state index in [1.165, 1.54) is 4.57 Å². The Labute approximate surface area is 159 Å². The zero-order valence-corrected chi connectivity index (χ0v) is 16.0. The molecule has 3 rings (SSSR count). The average Bonchev–Trinajstić information content (AvgIpc) is 2.92. The molecule has 0 aliphatic rings. The van der Waals surface area contributed by atoms with E-state index in [0.29, 0.717) is 21.5 Å². The van der Waals surface area contributed by atoms with Crippen LogP contribution in [0.15, 0.2) is 58.5 Å². The van der Waals surface area contributed by atoms with Crippen LogP contribution in [-0.4, -0.2) is 14.9 Å². The van der Waals surface area contributed by atoms with E-state index in [9.17, 15) is 4.79 Å². The predicted molar refractivity (Wildman–Crippen MR) is 104 cm³/mol. The van der Waals surface area contributed by atoms with E-state index < -0.39 is 0 Å². The molecular weight excluding hydrogens is 379 g/mol. The summed E-state index contributed by atoms with van der Waals surface area (Å²) in [7, 11) is 1.72. The van der Waals surface area contributed by atoms with Gasteiger partial charge in [0.1, 0.15) is 11.5 Å². The predicted octanol–water partition coefficient (Wildman–Crippen LogP) is 5.39. The molecule has 1 aromatic heterocycles. The Kier molecular flexibility index (Phi) is 5.47. The molecular formula is C18H16Cl2N2O2S. The summed E-state index contributed by atoms with van der Waals surface area (Å²) in [4.78, 5) is 13.1. The highest BCUT2D eigenvalue weighted by Gasteiger charge is 2.11. The molecule has 0 saturated carbocycles. The summed E-state index contributed by atoms with van der Waals surface area (Å²) in [5.41, 5.74) is 0.702. The third-order valence-corrected chi connectivity index (χ3v) is 5.23. The first-order valence-electron chi connectivity index (χ1n) is 7.63. The lowest BCUT2D eigenvalue weighted by atomic mass is 10.3. The SMILES string of the molecule is CCSc1cc(-n2ccn(C)c2=O)ccc1Oc1ccc(Cl)c(Cl)c1. The van der Waals surface area contributed by atoms with E-state index >= 15 is 0 Å². The van der Waals surface area contributed by atoms with E-state index in [4.69, 9.17) is 27.9 Å². The molecule has 0 N–H and O–H groups in total. The van der Waals surface area contributed by atoms with Crippen molar-refractivity contribution in [3.05, 3.63) is 69.3 Å². The Bertz CT molecular complexity index is 966. The fraction of sp³-hybridized carbons (Fsp3) is 0.167. The van der Waals surface area contributed by atoms with Crippen LogP contribution in [0, 0.1) is 0 Å². The number of aryl methyl sites for hydroxylation is 1. The van der Waals surface area contributed by atoms with Crippen LogP contribution in [0.25, 0.3) is 5.69 Å². The van der Waals surface area contributed by atoms with Gasteiger partial charge in [-0.25, -0.2) is 4.79 Å². The standard InChI is InChI=1S/C18H16Cl2N2O2S/c1-3-25-17-10-12(22-9-8-21(2)18(22)23)4-7-16(17)24-13-5-6-14(19)15(20)11-13/h4-11H,3H2,1-2H3. The average molecular weight is 395 g/mol. The van der Waals surface area contributed by atoms with Crippen LogP contribution in [0.1, 0.15) is 6.92 Å². The number of hydrogen-bond donors (Lipinski definition) is 0. The van der Waals surface area contributed by atoms with E-state index in [0.717, 1.165) is 16.3 Å². The van der Waals surface area contributed by atoms with E-state index in [-0.39, 0.29) is 5.69 Å². The molecule has 0 spiro atoms. The summed E-state index contributed by atoms with van der Waals surface area (Å²) in [5.74, 6) is 2.19. The molecule has 0 saturated heterocycles. The second-order valence-corrected chi connectivity index (χ2v) is 7.42. The Balaban J connectivity index is 1.98. The molecule has 4 nitrogen and oxygen atoms in total. The molecule has 1 heterocycles. The number of aromatic nitrogens is 2. The van der Waals surface area contributed by atoms with Gasteiger partial charge in [0.25, 0.3) is 0 Å². The van der Waals surface area contributed by atoms with Gasteiger partial charge in [-0.15, -0.1) is 11.8 Å². The molecule has 0 aliphatic carbocycles. The first kappa shape index (κ1) is 18.0. The second kappa shape index (κ2) is 7.60. The van der Waals surface area contributed by atoms with Gasteiger partial charge in [0.05, 0.1) is 20.6 Å². The number of halogens is 2. The number of ether oxygens (including phenoxy) is 1. The molecule has 0 bridgehead atoms. The number of imidazole rings is 1. The quantitative estimate of drug-likeness (QED) is 0.544. The minimum absolute atomic E-state index is 0.0920. The van der Waals surface area contributed by atoms with Crippen molar-refractivity contribution in [1.82, 2.24) is 9.13 Å². The lowest BCUT2D eigenvalue weighted by molar-refractivity contribution is 0.471. The summed E-state index contributed by atoms with van der Waals surface area (Å²) in [5, 5.41) is 0.923. The molecule has 2 aromatic carbocycles. The van der Waals surface area contributed by atoms with Crippen LogP contribution in [0.5, 0.6) is 11.5 Å². The first-order chi connectivity index (χ1) is 12.0. The minimum atomic E-state index is -0.0920. The van der Waals surface area contributed by atoms with Crippen LogP contribution < -0.4 is 10.4 Å². The van der Waals surface area contributed by atoms with Gasteiger partial charge in [0.15, 0.2) is 0 Å². The summed E-state index contributed by atoms with van der Waals surface area (Å²) in [6.45, 7) is 2.06. The minimum Gasteiger partial charge on any atom is -0.456 e. The fourth-order valence-corrected chi connectivity index (χ4v) is 3.38. The Morgan fingerprint density at radius 3 is 2.52 bits per heavy atom. The van der Waals surface area contributed by atoms with E-state index in [2.05, 4.69) is 6.92 Å². The maximum absolute atomic E-state index is 12.1. The highest BCUT2D eigenvalue weighted by atomic mass is 35.5. The number of hydrogen-bond acceptors (Lipinski definition) is 3. The van der Waals surface area contributed by atoms with Crippen LogP contribution in [0.3, 0.4) is 0 Å². The van der Waals surface area contributed by atoms with Crippen molar-refractivity contribution in [2.45, 2.75) is 11.8 Å². The summed E-state index contributed by atoms with van der Waals surface area (Å²) < 4.78 is 9.10. The maximum Gasteiger partial charge on any atom is 0.332 e. The van der Waals surface area contributed by atoms with Crippen LogP contribution in [0.2, 0.25) is 10.0 Å². The van der Waals surface area contributed by atoms with Gasteiger partial charge in [-0.1, -0.05) is 30.1 Å². The zero-order chi connectivity index (χ0) is 18.0. The van der Waals surface area contributed by atoms with Gasteiger partial charge < -0.3 is 9.30 Å². The van der Waals surface area contributed by atoms with Crippen LogP contribution in [-0.2, 0) is 7.05 Å². The van der Waals surface area contributed by atoms with Crippen molar-refractivity contribution >= 4 is 35.0 Å². The van der Waals surface area contributed by atoms with Crippen molar-refractivity contribution in [3.8, 4) is 17.2 Å². The smallest absolute Gasteiger partial charge is 0.332 e. The van der Waals surface area contributed by atoms with Crippen molar-refractivity contribution in [3.63, 3.8) is 0 Å². The molecule has 0 unspecified atom stereocenters. The fourth-order valence-electron chi connectivity index (χ4n) is 2.33. The summed E-state index contributed by atoms with van der Waals surface area (Å²) in [6.07, 6.45) is 3.48. The van der Waals surface area contributed by atoms with Crippen LogP contribution >= 0.6 is 35.0 Å². The van der Waals surface area contributed by atoms with Gasteiger partial charge in [-0.05, 0) is 36.1 Å². The third kappa shape index (κ3) is 3.89. The largest absolute Gasteiger partial charge is 0.456 e. The molecule has 130 valence electrons. The molecule has 3 aromatic rings. The number of thioether (sulfide) groups is 1. The summed E-state index contributed by atoms with van der Waals surface area (Å²) in [6, 6.07) is 10.8. The topological polar surface area (TPSA) is 36.2 Å². The number of benzene rings is 2. The lowest BCUT2D eigenvalue weighted by Crippen LogP contribution is -2.20. The zero-order valence-electron chi connectivity index (χ0n) is 13.7. The van der Waals surface area contributed by atoms with Gasteiger partial charge in [-0.2, -0.15) is 0 Å². The van der Waals surface area contributed by atoms with Gasteiger partial charge in [0, 0.05) is 25.5 Å². The Morgan fingerprint density at radius 2 is 1.88 bits per heavy atom. The monoisotopic (exact) mass is 394 g/mol. The maximum atomic E-state index is 12.1. The Hall–Kier alpha value is -1.82. The summed E-state index contributed by atoms with van der Waals surface area (Å²) >= 11 is 13.6. The Morgan fingerprint density at radius 1 is 1.08 bits per heavy atom. The lowest BCUT2D eigenvalue weighted by Gasteiger charge is -2.13. The molecule has 7 heteroatoms. The van der Waals surface area contributed by atoms with E-state index in [1.807, 2.05) is 18.2 Å². The molecule has 0 amide bonds. The van der Waals surface area contributed by atoms with Crippen molar-refractivity contribution in [2.24, 2.45) is 7.05 Å². The molecule has 0 aliphatic heterocycles. The second-order valence-electron chi connectivity index (χ2n) is 5.30. The number of nitrogens with zero attached hydrogens (tertiary/aromatic N) is 2. The van der Waals surface area contributed by atoms with Gasteiger partial charge >= 0.3 is 5.69 Å². The molecule has 25 heavy (non-hydrogen) atoms. The van der Waals surface area contributed by atoms with Gasteiger partial charge in [0.2, 0.25) is 0 Å². The van der Waals surface area contributed by atoms with Crippen molar-refractivity contribution < 1.29 is 4.74 Å². The van der Waals surface area contributed by atoms with E-state index in [1.54, 1.807) is 54.0 Å². The molecule has 0 fully saturated rings. The molecule has 0 radical (unpaired) electrons.